The molecule has 1 aromatic rings. The number of nitrogens with one attached hydrogen (secondary N) is 1. The lowest BCUT2D eigenvalue weighted by atomic mass is 10.2. The molecule has 1 N–H and O–H groups in total. The van der Waals surface area contributed by atoms with Gasteiger partial charge in [0.25, 0.3) is 5.82 Å². The fraction of sp³-hybridized carbons (Fsp3) is 0.692. The van der Waals surface area contributed by atoms with E-state index in [0.717, 1.165) is 25.8 Å². The van der Waals surface area contributed by atoms with Crippen molar-refractivity contribution in [3.8, 4) is 6.07 Å². The first kappa shape index (κ1) is 14.1. The van der Waals surface area contributed by atoms with Crippen LogP contribution in [0.15, 0.2) is 12.4 Å². The van der Waals surface area contributed by atoms with Crippen molar-refractivity contribution in [1.29, 1.82) is 5.26 Å². The van der Waals surface area contributed by atoms with Crippen LogP contribution in [-0.2, 0) is 13.0 Å². The SMILES string of the molecule is CCCSCCc1[nH]cc[n+]1CCCCC#N. The summed E-state index contributed by atoms with van der Waals surface area (Å²) in [6.45, 7) is 3.25. The molecule has 1 aromatic heterocycles. The van der Waals surface area contributed by atoms with Crippen LogP contribution in [0.2, 0.25) is 0 Å². The van der Waals surface area contributed by atoms with Crippen LogP contribution >= 0.6 is 11.8 Å². The van der Waals surface area contributed by atoms with Crippen LogP contribution in [0.3, 0.4) is 0 Å². The molecule has 0 aliphatic carbocycles. The number of aryl methyl sites for hydroxylation is 2. The maximum atomic E-state index is 8.48. The van der Waals surface area contributed by atoms with E-state index in [1.165, 1.54) is 23.8 Å². The number of thioether (sulfide) groups is 1. The highest BCUT2D eigenvalue weighted by atomic mass is 32.2. The van der Waals surface area contributed by atoms with Crippen LogP contribution < -0.4 is 4.57 Å². The van der Waals surface area contributed by atoms with Gasteiger partial charge in [0.1, 0.15) is 12.4 Å². The Bertz CT molecular complexity index is 341. The zero-order valence-corrected chi connectivity index (χ0v) is 11.4. The molecule has 1 heterocycles. The van der Waals surface area contributed by atoms with Gasteiger partial charge in [-0.2, -0.15) is 17.0 Å². The molecule has 17 heavy (non-hydrogen) atoms. The second kappa shape index (κ2) is 9.12. The topological polar surface area (TPSA) is 43.5 Å². The Labute approximate surface area is 108 Å². The van der Waals surface area contributed by atoms with Gasteiger partial charge >= 0.3 is 0 Å². The van der Waals surface area contributed by atoms with Gasteiger partial charge < -0.3 is 0 Å². The average molecular weight is 252 g/mol. The molecule has 94 valence electrons. The molecule has 0 aliphatic rings. The summed E-state index contributed by atoms with van der Waals surface area (Å²) in [4.78, 5) is 3.31. The Balaban J connectivity index is 2.25. The number of aromatic nitrogens is 2. The summed E-state index contributed by atoms with van der Waals surface area (Å²) in [6, 6.07) is 2.19. The van der Waals surface area contributed by atoms with Crippen molar-refractivity contribution in [2.24, 2.45) is 0 Å². The third-order valence-corrected chi connectivity index (χ3v) is 3.81. The maximum Gasteiger partial charge on any atom is 0.255 e. The molecule has 3 nitrogen and oxygen atoms in total. The molecular formula is C13H22N3S+. The summed E-state index contributed by atoms with van der Waals surface area (Å²) < 4.78 is 2.28. The van der Waals surface area contributed by atoms with E-state index in [1.807, 2.05) is 18.0 Å². The summed E-state index contributed by atoms with van der Waals surface area (Å²) in [6.07, 6.45) is 9.23. The van der Waals surface area contributed by atoms with Gasteiger partial charge in [0.15, 0.2) is 0 Å². The van der Waals surface area contributed by atoms with Crippen LogP contribution in [0.25, 0.3) is 0 Å². The summed E-state index contributed by atoms with van der Waals surface area (Å²) in [5.74, 6) is 3.75. The van der Waals surface area contributed by atoms with Gasteiger partial charge in [0, 0.05) is 12.2 Å². The third-order valence-electron chi connectivity index (χ3n) is 2.62. The zero-order chi connectivity index (χ0) is 12.3. The van der Waals surface area contributed by atoms with Gasteiger partial charge in [-0.1, -0.05) is 6.92 Å². The van der Waals surface area contributed by atoms with E-state index >= 15 is 0 Å². The number of hydrogen-bond acceptors (Lipinski definition) is 2. The second-order valence-corrected chi connectivity index (χ2v) is 5.30. The summed E-state index contributed by atoms with van der Waals surface area (Å²) in [5, 5.41) is 8.48. The van der Waals surface area contributed by atoms with Crippen molar-refractivity contribution >= 4 is 11.8 Å². The van der Waals surface area contributed by atoms with Crippen LogP contribution in [0.5, 0.6) is 0 Å². The van der Waals surface area contributed by atoms with Gasteiger partial charge in [-0.3, -0.25) is 0 Å². The summed E-state index contributed by atoms with van der Waals surface area (Å²) in [7, 11) is 0. The average Bonchev–Trinajstić information content (AvgIpc) is 2.78. The van der Waals surface area contributed by atoms with Gasteiger partial charge in [-0.05, 0) is 25.0 Å². The molecule has 0 unspecified atom stereocenters. The minimum atomic E-state index is 0.673. The Hall–Kier alpha value is -0.950. The minimum Gasteiger partial charge on any atom is -0.248 e. The molecule has 0 spiro atoms. The van der Waals surface area contributed by atoms with Gasteiger partial charge in [-0.25, -0.2) is 9.55 Å². The van der Waals surface area contributed by atoms with E-state index in [4.69, 9.17) is 5.26 Å². The van der Waals surface area contributed by atoms with Crippen LogP contribution in [0.4, 0.5) is 0 Å². The fourth-order valence-electron chi connectivity index (χ4n) is 1.72. The van der Waals surface area contributed by atoms with E-state index < -0.39 is 0 Å². The van der Waals surface area contributed by atoms with Crippen LogP contribution in [0.1, 0.15) is 38.4 Å². The van der Waals surface area contributed by atoms with E-state index in [9.17, 15) is 0 Å². The van der Waals surface area contributed by atoms with Crippen LogP contribution in [0, 0.1) is 11.3 Å². The van der Waals surface area contributed by atoms with Crippen molar-refractivity contribution in [2.45, 2.75) is 45.6 Å². The Morgan fingerprint density at radius 3 is 3.06 bits per heavy atom. The molecule has 0 radical (unpaired) electrons. The monoisotopic (exact) mass is 252 g/mol. The predicted molar refractivity (Wildman–Crippen MR) is 71.8 cm³/mol. The highest BCUT2D eigenvalue weighted by molar-refractivity contribution is 7.99. The lowest BCUT2D eigenvalue weighted by molar-refractivity contribution is -0.703. The number of H-pyrrole nitrogens is 1. The zero-order valence-electron chi connectivity index (χ0n) is 10.6. The molecule has 0 amide bonds. The highest BCUT2D eigenvalue weighted by Crippen LogP contribution is 2.04. The quantitative estimate of drug-likeness (QED) is 0.542. The molecule has 0 bridgehead atoms. The number of nitrogens with zero attached hydrogens (tertiary/aromatic N) is 2. The minimum absolute atomic E-state index is 0.673. The number of imidazole rings is 1. The standard InChI is InChI=1S/C13H21N3S/c1-2-11-17-12-6-13-15-8-10-16(13)9-5-3-4-7-14/h8,10H,2-6,9,11-12H2,1H3/p+1. The van der Waals surface area contributed by atoms with Crippen LogP contribution in [-0.4, -0.2) is 16.5 Å². The summed E-state index contributed by atoms with van der Waals surface area (Å²) >= 11 is 2.02. The molecule has 1 rings (SSSR count). The van der Waals surface area contributed by atoms with Gasteiger partial charge in [0.2, 0.25) is 0 Å². The number of rotatable bonds is 9. The second-order valence-electron chi connectivity index (χ2n) is 4.08. The van der Waals surface area contributed by atoms with Crippen molar-refractivity contribution in [1.82, 2.24) is 4.98 Å². The van der Waals surface area contributed by atoms with Gasteiger partial charge in [-0.15, -0.1) is 0 Å². The normalized spacial score (nSPS) is 10.4. The molecule has 4 heteroatoms. The van der Waals surface area contributed by atoms with Crippen molar-refractivity contribution < 1.29 is 4.57 Å². The highest BCUT2D eigenvalue weighted by Gasteiger charge is 2.09. The Morgan fingerprint density at radius 2 is 2.29 bits per heavy atom. The lowest BCUT2D eigenvalue weighted by Gasteiger charge is -2.00. The van der Waals surface area contributed by atoms with E-state index in [2.05, 4.69) is 28.7 Å². The van der Waals surface area contributed by atoms with Gasteiger partial charge in [0.05, 0.1) is 19.0 Å². The Kier molecular flexibility index (Phi) is 7.57. The van der Waals surface area contributed by atoms with Crippen molar-refractivity contribution in [2.75, 3.05) is 11.5 Å². The maximum absolute atomic E-state index is 8.48. The molecule has 0 aliphatic heterocycles. The lowest BCUT2D eigenvalue weighted by Crippen LogP contribution is -2.36. The fourth-order valence-corrected chi connectivity index (χ4v) is 2.55. The molecule has 0 saturated carbocycles. The predicted octanol–water partition coefficient (Wildman–Crippen LogP) is 2.68. The summed E-state index contributed by atoms with van der Waals surface area (Å²) in [5.41, 5.74) is 0. The first-order valence-corrected chi connectivity index (χ1v) is 7.54. The largest absolute Gasteiger partial charge is 0.255 e. The van der Waals surface area contributed by atoms with E-state index in [0.29, 0.717) is 6.42 Å². The number of hydrogen-bond donors (Lipinski definition) is 1. The number of unbranched alkanes of at least 4 members (excludes halogenated alkanes) is 2. The molecule has 0 aromatic carbocycles. The number of nitriles is 1. The Morgan fingerprint density at radius 1 is 1.41 bits per heavy atom. The molecule has 0 saturated heterocycles. The molecular weight excluding hydrogens is 230 g/mol. The van der Waals surface area contributed by atoms with Crippen molar-refractivity contribution in [3.63, 3.8) is 0 Å². The molecule has 0 fully saturated rings. The third kappa shape index (κ3) is 5.78. The van der Waals surface area contributed by atoms with E-state index in [1.54, 1.807) is 0 Å². The smallest absolute Gasteiger partial charge is 0.248 e. The van der Waals surface area contributed by atoms with Crippen molar-refractivity contribution in [3.05, 3.63) is 18.2 Å². The first-order chi connectivity index (χ1) is 8.38. The molecule has 0 atom stereocenters. The van der Waals surface area contributed by atoms with E-state index in [-0.39, 0.29) is 0 Å². The number of aromatic amines is 1. The first-order valence-electron chi connectivity index (χ1n) is 6.39.